The second kappa shape index (κ2) is 23.7. The van der Waals surface area contributed by atoms with E-state index in [1.807, 2.05) is 36.4 Å². The Labute approximate surface area is 436 Å². The van der Waals surface area contributed by atoms with Crippen molar-refractivity contribution in [1.29, 1.82) is 0 Å². The molecule has 10 rings (SSSR count). The largest absolute Gasteiger partial charge is 0.381 e. The Morgan fingerprint density at radius 3 is 0.851 bits per heavy atom. The normalized spacial score (nSPS) is 11.6. The highest BCUT2D eigenvalue weighted by atomic mass is 14.9. The first-order chi connectivity index (χ1) is 36.4. The summed E-state index contributed by atoms with van der Waals surface area (Å²) in [5.74, 6) is 0. The number of rotatable bonds is 21. The Balaban J connectivity index is 0.640. The minimum atomic E-state index is 0.150. The predicted octanol–water partition coefficient (Wildman–Crippen LogP) is 17.9. The Morgan fingerprint density at radius 1 is 0.257 bits per heavy atom. The molecule has 8 nitrogen and oxygen atoms in total. The zero-order chi connectivity index (χ0) is 50.3. The molecule has 0 heterocycles. The second-order valence-corrected chi connectivity index (χ2v) is 18.6. The van der Waals surface area contributed by atoms with Crippen molar-refractivity contribution < 1.29 is 0 Å². The zero-order valence-corrected chi connectivity index (χ0v) is 41.8. The predicted molar refractivity (Wildman–Crippen MR) is 315 cm³/mol. The van der Waals surface area contributed by atoms with E-state index >= 15 is 0 Å². The van der Waals surface area contributed by atoms with Crippen LogP contribution in [0.4, 0.5) is 68.2 Å². The highest BCUT2D eigenvalue weighted by molar-refractivity contribution is 5.72. The number of hydrogen-bond acceptors (Lipinski definition) is 8. The molecule has 0 aromatic heterocycles. The van der Waals surface area contributed by atoms with Gasteiger partial charge >= 0.3 is 0 Å². The van der Waals surface area contributed by atoms with Crippen LogP contribution in [0.3, 0.4) is 0 Å². The lowest BCUT2D eigenvalue weighted by atomic mass is 10.0. The van der Waals surface area contributed by atoms with Crippen molar-refractivity contribution in [2.75, 3.05) is 42.5 Å². The van der Waals surface area contributed by atoms with Crippen LogP contribution in [0.1, 0.15) is 48.2 Å². The van der Waals surface area contributed by atoms with Gasteiger partial charge in [-0.15, -0.1) is 0 Å². The fourth-order valence-corrected chi connectivity index (χ4v) is 8.84. The van der Waals surface area contributed by atoms with Crippen molar-refractivity contribution in [2.45, 2.75) is 39.0 Å². The fraction of sp³-hybridized carbons (Fsp3) is 0.0909. The number of anilines is 12. The van der Waals surface area contributed by atoms with Gasteiger partial charge in [0.15, 0.2) is 0 Å². The topological polar surface area (TPSA) is 96.2 Å². The highest BCUT2D eigenvalue weighted by Crippen LogP contribution is 2.30. The van der Waals surface area contributed by atoms with Crippen LogP contribution in [0.15, 0.2) is 255 Å². The van der Waals surface area contributed by atoms with Crippen LogP contribution in [0.2, 0.25) is 0 Å². The van der Waals surface area contributed by atoms with E-state index in [1.165, 1.54) is 22.3 Å². The lowest BCUT2D eigenvalue weighted by Crippen LogP contribution is -2.09. The Morgan fingerprint density at radius 2 is 0.527 bits per heavy atom. The van der Waals surface area contributed by atoms with Crippen LogP contribution < -0.4 is 42.5 Å². The molecule has 0 aliphatic carbocycles. The zero-order valence-electron chi connectivity index (χ0n) is 41.8. The van der Waals surface area contributed by atoms with Crippen LogP contribution >= 0.6 is 0 Å². The lowest BCUT2D eigenvalue weighted by molar-refractivity contribution is 0.863. The molecular formula is C66H62N8. The third-order valence-corrected chi connectivity index (χ3v) is 13.0. The number of nitrogens with one attached hydrogen (secondary N) is 8. The molecule has 8 heteroatoms. The van der Waals surface area contributed by atoms with Gasteiger partial charge in [-0.1, -0.05) is 109 Å². The van der Waals surface area contributed by atoms with Gasteiger partial charge in [-0.3, -0.25) is 0 Å². The first kappa shape index (κ1) is 48.2. The van der Waals surface area contributed by atoms with Crippen molar-refractivity contribution in [3.63, 3.8) is 0 Å². The highest BCUT2D eigenvalue weighted by Gasteiger charge is 2.10. The molecule has 0 spiro atoms. The summed E-state index contributed by atoms with van der Waals surface area (Å²) in [4.78, 5) is 0. The average molecular weight is 967 g/mol. The monoisotopic (exact) mass is 967 g/mol. The first-order valence-corrected chi connectivity index (χ1v) is 25.4. The van der Waals surface area contributed by atoms with E-state index < -0.39 is 0 Å². The van der Waals surface area contributed by atoms with Crippen molar-refractivity contribution >= 4 is 68.2 Å². The minimum Gasteiger partial charge on any atom is -0.381 e. The molecule has 0 amide bonds. The molecule has 0 saturated carbocycles. The van der Waals surface area contributed by atoms with Gasteiger partial charge in [-0.25, -0.2) is 0 Å². The standard InChI is InChI=1S/C66H62N8/c1-47(69-59-36-40-65(41-37-59)72-58-14-7-4-8-15-58)51-16-18-52(19-17-51)48(2)70-60-38-42-66(43-39-60)74-62-26-22-54(23-27-62)53-20-24-61(25-21-53)73-64-34-30-56(31-35-64)68-46-50-11-9-10-49(44-50)45-67-55-28-32-63(33-29-55)71-57-12-5-3-6-13-57/h3-44,47-48,67-74H,45-46H2,1-2H3. The molecule has 74 heavy (non-hydrogen) atoms. The maximum atomic E-state index is 3.67. The second-order valence-electron chi connectivity index (χ2n) is 18.6. The number of hydrogen-bond donors (Lipinski definition) is 8. The van der Waals surface area contributed by atoms with Crippen LogP contribution in [0.5, 0.6) is 0 Å². The summed E-state index contributed by atoms with van der Waals surface area (Å²) in [7, 11) is 0. The summed E-state index contributed by atoms with van der Waals surface area (Å²) in [6.07, 6.45) is 0. The molecule has 0 fully saturated rings. The van der Waals surface area contributed by atoms with Gasteiger partial charge in [0.2, 0.25) is 0 Å². The summed E-state index contributed by atoms with van der Waals surface area (Å²) < 4.78 is 0. The smallest absolute Gasteiger partial charge is 0.0485 e. The minimum absolute atomic E-state index is 0.150. The third kappa shape index (κ3) is 13.5. The quantitative estimate of drug-likeness (QED) is 0.0361. The molecule has 2 unspecified atom stereocenters. The molecule has 0 radical (unpaired) electrons. The van der Waals surface area contributed by atoms with E-state index in [-0.39, 0.29) is 12.1 Å². The van der Waals surface area contributed by atoms with Gasteiger partial charge in [0, 0.05) is 93.4 Å². The molecule has 0 aliphatic rings. The van der Waals surface area contributed by atoms with Crippen molar-refractivity contribution in [3.8, 4) is 11.1 Å². The van der Waals surface area contributed by atoms with Crippen molar-refractivity contribution in [2.24, 2.45) is 0 Å². The van der Waals surface area contributed by atoms with Crippen LogP contribution in [-0.2, 0) is 13.1 Å². The molecule has 0 bridgehead atoms. The molecular weight excluding hydrogens is 905 g/mol. The summed E-state index contributed by atoms with van der Waals surface area (Å²) in [6.45, 7) is 5.89. The van der Waals surface area contributed by atoms with E-state index in [2.05, 4.69) is 275 Å². The maximum Gasteiger partial charge on any atom is 0.0485 e. The maximum absolute atomic E-state index is 3.67. The van der Waals surface area contributed by atoms with Crippen LogP contribution in [-0.4, -0.2) is 0 Å². The Kier molecular flexibility index (Phi) is 15.4. The SMILES string of the molecule is CC(Nc1ccc(Nc2ccccc2)cc1)c1ccc(C(C)Nc2ccc(Nc3ccc(-c4ccc(Nc5ccc(NCc6cccc(CNc7ccc(Nc8ccccc8)cc7)c6)cc5)cc4)cc3)cc2)cc1. The summed E-state index contributed by atoms with van der Waals surface area (Å²) in [5, 5.41) is 28.4. The molecule has 0 saturated heterocycles. The third-order valence-electron chi connectivity index (χ3n) is 13.0. The Hall–Kier alpha value is -9.40. The van der Waals surface area contributed by atoms with E-state index in [0.29, 0.717) is 0 Å². The summed E-state index contributed by atoms with van der Waals surface area (Å²) in [5.41, 5.74) is 20.0. The van der Waals surface area contributed by atoms with Gasteiger partial charge < -0.3 is 42.5 Å². The molecule has 10 aromatic rings. The van der Waals surface area contributed by atoms with E-state index in [1.54, 1.807) is 0 Å². The first-order valence-electron chi connectivity index (χ1n) is 25.4. The summed E-state index contributed by atoms with van der Waals surface area (Å²) >= 11 is 0. The number of benzene rings is 10. The summed E-state index contributed by atoms with van der Waals surface area (Å²) in [6, 6.07) is 89.3. The Bertz CT molecular complexity index is 3290. The number of para-hydroxylation sites is 2. The lowest BCUT2D eigenvalue weighted by Gasteiger charge is -2.19. The molecule has 2 atom stereocenters. The van der Waals surface area contributed by atoms with E-state index in [9.17, 15) is 0 Å². The van der Waals surface area contributed by atoms with E-state index in [0.717, 1.165) is 92.5 Å². The van der Waals surface area contributed by atoms with Crippen molar-refractivity contribution in [1.82, 2.24) is 0 Å². The van der Waals surface area contributed by atoms with Crippen LogP contribution in [0.25, 0.3) is 11.1 Å². The van der Waals surface area contributed by atoms with Gasteiger partial charge in [-0.2, -0.15) is 0 Å². The molecule has 0 aliphatic heterocycles. The van der Waals surface area contributed by atoms with Gasteiger partial charge in [0.1, 0.15) is 0 Å². The average Bonchev–Trinajstić information content (AvgIpc) is 3.45. The van der Waals surface area contributed by atoms with Crippen molar-refractivity contribution in [3.05, 3.63) is 277 Å². The fourth-order valence-electron chi connectivity index (χ4n) is 8.84. The molecule has 8 N–H and O–H groups in total. The molecule has 10 aromatic carbocycles. The van der Waals surface area contributed by atoms with E-state index in [4.69, 9.17) is 0 Å². The van der Waals surface area contributed by atoms with Gasteiger partial charge in [-0.05, 0) is 193 Å². The van der Waals surface area contributed by atoms with Crippen LogP contribution in [0, 0.1) is 0 Å². The molecule has 366 valence electrons. The van der Waals surface area contributed by atoms with Gasteiger partial charge in [0.25, 0.3) is 0 Å². The van der Waals surface area contributed by atoms with Gasteiger partial charge in [0.05, 0.1) is 0 Å².